The highest BCUT2D eigenvalue weighted by molar-refractivity contribution is 5.85. The number of benzene rings is 1. The van der Waals surface area contributed by atoms with Gasteiger partial charge in [-0.15, -0.1) is 0 Å². The van der Waals surface area contributed by atoms with E-state index in [1.807, 2.05) is 0 Å². The Kier molecular flexibility index (Phi) is 4.41. The van der Waals surface area contributed by atoms with Gasteiger partial charge in [-0.25, -0.2) is 0 Å². The molecule has 2 aliphatic rings. The first-order chi connectivity index (χ1) is 11.3. The molecule has 1 saturated heterocycles. The van der Waals surface area contributed by atoms with Crippen LogP contribution in [0.5, 0.6) is 0 Å². The summed E-state index contributed by atoms with van der Waals surface area (Å²) >= 11 is 0. The number of rotatable bonds is 4. The highest BCUT2D eigenvalue weighted by atomic mass is 15.1. The Balaban J connectivity index is 1.47. The average Bonchev–Trinajstić information content (AvgIpc) is 2.97. The summed E-state index contributed by atoms with van der Waals surface area (Å²) in [6.07, 6.45) is 7.68. The van der Waals surface area contributed by atoms with Gasteiger partial charge >= 0.3 is 0 Å². The van der Waals surface area contributed by atoms with Crippen LogP contribution in [0.2, 0.25) is 0 Å². The Bertz CT molecular complexity index is 652. The third kappa shape index (κ3) is 3.05. The first kappa shape index (κ1) is 15.2. The number of likely N-dealkylation sites (tertiary alicyclic amines) is 1. The minimum Gasteiger partial charge on any atom is -0.357 e. The minimum atomic E-state index is 0.522. The van der Waals surface area contributed by atoms with Crippen molar-refractivity contribution in [1.29, 1.82) is 0 Å². The van der Waals surface area contributed by atoms with Gasteiger partial charge in [-0.1, -0.05) is 25.1 Å². The molecule has 124 valence electrons. The molecular weight excluding hydrogens is 282 g/mol. The fourth-order valence-electron chi connectivity index (χ4n) is 4.51. The van der Waals surface area contributed by atoms with Crippen molar-refractivity contribution in [3.8, 4) is 0 Å². The Hall–Kier alpha value is -1.32. The maximum atomic E-state index is 3.98. The predicted octanol–water partition coefficient (Wildman–Crippen LogP) is 4.01. The van der Waals surface area contributed by atoms with Gasteiger partial charge in [0.25, 0.3) is 0 Å². The normalized spacial score (nSPS) is 23.3. The smallest absolute Gasteiger partial charge is 0.0478 e. The molecule has 0 bridgehead atoms. The molecule has 3 nitrogen and oxygen atoms in total. The second-order valence-electron chi connectivity index (χ2n) is 7.29. The summed E-state index contributed by atoms with van der Waals surface area (Å²) in [6, 6.07) is 10.00. The van der Waals surface area contributed by atoms with Crippen molar-refractivity contribution in [2.75, 3.05) is 19.6 Å². The zero-order chi connectivity index (χ0) is 15.6. The Morgan fingerprint density at radius 3 is 2.83 bits per heavy atom. The number of aromatic nitrogens is 1. The van der Waals surface area contributed by atoms with Crippen LogP contribution in [0.4, 0.5) is 0 Å². The lowest BCUT2D eigenvalue weighted by Gasteiger charge is -2.35. The number of para-hydroxylation sites is 1. The van der Waals surface area contributed by atoms with Crippen molar-refractivity contribution >= 4 is 10.9 Å². The summed E-state index contributed by atoms with van der Waals surface area (Å²) in [6.45, 7) is 6.07. The van der Waals surface area contributed by atoms with Gasteiger partial charge in [0.2, 0.25) is 0 Å². The van der Waals surface area contributed by atoms with E-state index in [9.17, 15) is 0 Å². The van der Waals surface area contributed by atoms with Crippen LogP contribution < -0.4 is 5.32 Å². The molecule has 0 spiro atoms. The van der Waals surface area contributed by atoms with Crippen LogP contribution in [0.25, 0.3) is 10.9 Å². The zero-order valence-corrected chi connectivity index (χ0v) is 14.3. The molecule has 1 unspecified atom stereocenters. The largest absolute Gasteiger partial charge is 0.357 e. The van der Waals surface area contributed by atoms with E-state index in [1.165, 1.54) is 74.8 Å². The zero-order valence-electron chi connectivity index (χ0n) is 14.3. The van der Waals surface area contributed by atoms with Crippen LogP contribution in [0.1, 0.15) is 56.3 Å². The van der Waals surface area contributed by atoms with Crippen molar-refractivity contribution in [1.82, 2.24) is 15.2 Å². The molecule has 0 saturated carbocycles. The summed E-state index contributed by atoms with van der Waals surface area (Å²) < 4.78 is 0. The van der Waals surface area contributed by atoms with Gasteiger partial charge in [0.05, 0.1) is 0 Å². The van der Waals surface area contributed by atoms with Gasteiger partial charge in [-0.05, 0) is 69.8 Å². The summed E-state index contributed by atoms with van der Waals surface area (Å²) in [7, 11) is 0. The SMILES string of the molecule is CCCN1CCC(NC2CCCc3c2[nH]c2ccccc32)CC1. The fraction of sp³-hybridized carbons (Fsp3) is 0.600. The Morgan fingerprint density at radius 2 is 2.00 bits per heavy atom. The second kappa shape index (κ2) is 6.66. The van der Waals surface area contributed by atoms with E-state index in [4.69, 9.17) is 0 Å². The standard InChI is InChI=1S/C20H29N3/c1-2-12-23-13-10-15(11-14-23)21-19-9-5-7-17-16-6-3-4-8-18(16)22-20(17)19/h3-4,6,8,15,19,21-22H,2,5,7,9-14H2,1H3. The molecule has 2 aromatic rings. The summed E-state index contributed by atoms with van der Waals surface area (Å²) in [5, 5.41) is 5.42. The van der Waals surface area contributed by atoms with Crippen molar-refractivity contribution in [3.05, 3.63) is 35.5 Å². The molecule has 1 aromatic carbocycles. The molecule has 1 aliphatic heterocycles. The lowest BCUT2D eigenvalue weighted by molar-refractivity contribution is 0.188. The number of piperidine rings is 1. The molecule has 2 N–H and O–H groups in total. The van der Waals surface area contributed by atoms with Crippen molar-refractivity contribution in [2.24, 2.45) is 0 Å². The topological polar surface area (TPSA) is 31.1 Å². The van der Waals surface area contributed by atoms with Gasteiger partial charge in [-0.3, -0.25) is 0 Å². The van der Waals surface area contributed by atoms with Crippen LogP contribution in [-0.4, -0.2) is 35.6 Å². The summed E-state index contributed by atoms with van der Waals surface area (Å²) in [4.78, 5) is 6.33. The summed E-state index contributed by atoms with van der Waals surface area (Å²) in [5.41, 5.74) is 4.34. The van der Waals surface area contributed by atoms with E-state index in [0.29, 0.717) is 12.1 Å². The molecule has 1 aromatic heterocycles. The van der Waals surface area contributed by atoms with Crippen molar-refractivity contribution in [2.45, 2.75) is 57.5 Å². The molecule has 1 fully saturated rings. The molecule has 2 heterocycles. The third-order valence-electron chi connectivity index (χ3n) is 5.68. The van der Waals surface area contributed by atoms with E-state index in [0.717, 1.165) is 0 Å². The van der Waals surface area contributed by atoms with Crippen molar-refractivity contribution < 1.29 is 0 Å². The van der Waals surface area contributed by atoms with E-state index in [-0.39, 0.29) is 0 Å². The first-order valence-electron chi connectivity index (χ1n) is 9.43. The number of fused-ring (bicyclic) bond motifs is 3. The molecule has 0 radical (unpaired) electrons. The molecular formula is C20H29N3. The molecule has 0 amide bonds. The Labute approximate surface area is 139 Å². The second-order valence-corrected chi connectivity index (χ2v) is 7.29. The molecule has 1 atom stereocenters. The third-order valence-corrected chi connectivity index (χ3v) is 5.68. The average molecular weight is 311 g/mol. The number of H-pyrrole nitrogens is 1. The number of hydrogen-bond donors (Lipinski definition) is 2. The Morgan fingerprint density at radius 1 is 1.17 bits per heavy atom. The number of hydrogen-bond acceptors (Lipinski definition) is 2. The number of aromatic amines is 1. The first-order valence-corrected chi connectivity index (χ1v) is 9.43. The van der Waals surface area contributed by atoms with E-state index in [1.54, 1.807) is 5.56 Å². The minimum absolute atomic E-state index is 0.522. The maximum Gasteiger partial charge on any atom is 0.0478 e. The maximum absolute atomic E-state index is 3.98. The highest BCUT2D eigenvalue weighted by Crippen LogP contribution is 2.35. The lowest BCUT2D eigenvalue weighted by atomic mass is 9.90. The fourth-order valence-corrected chi connectivity index (χ4v) is 4.51. The van der Waals surface area contributed by atoms with Crippen LogP contribution in [0.3, 0.4) is 0 Å². The monoisotopic (exact) mass is 311 g/mol. The number of aryl methyl sites for hydroxylation is 1. The van der Waals surface area contributed by atoms with Crippen LogP contribution in [0, 0.1) is 0 Å². The molecule has 1 aliphatic carbocycles. The number of nitrogens with zero attached hydrogens (tertiary/aromatic N) is 1. The van der Waals surface area contributed by atoms with E-state index in [2.05, 4.69) is 46.4 Å². The highest BCUT2D eigenvalue weighted by Gasteiger charge is 2.27. The molecule has 23 heavy (non-hydrogen) atoms. The molecule has 3 heteroatoms. The quantitative estimate of drug-likeness (QED) is 0.894. The van der Waals surface area contributed by atoms with E-state index < -0.39 is 0 Å². The van der Waals surface area contributed by atoms with Crippen LogP contribution in [-0.2, 0) is 6.42 Å². The summed E-state index contributed by atoms with van der Waals surface area (Å²) in [5.74, 6) is 0. The van der Waals surface area contributed by atoms with Gasteiger partial charge in [0, 0.05) is 28.7 Å². The molecule has 4 rings (SSSR count). The van der Waals surface area contributed by atoms with Gasteiger partial charge in [-0.2, -0.15) is 0 Å². The van der Waals surface area contributed by atoms with E-state index >= 15 is 0 Å². The van der Waals surface area contributed by atoms with Crippen molar-refractivity contribution in [3.63, 3.8) is 0 Å². The van der Waals surface area contributed by atoms with Gasteiger partial charge < -0.3 is 15.2 Å². The predicted molar refractivity (Wildman–Crippen MR) is 96.9 cm³/mol. The number of nitrogens with one attached hydrogen (secondary N) is 2. The van der Waals surface area contributed by atoms with Gasteiger partial charge in [0.15, 0.2) is 0 Å². The lowest BCUT2D eigenvalue weighted by Crippen LogP contribution is -2.44. The van der Waals surface area contributed by atoms with Crippen LogP contribution >= 0.6 is 0 Å². The van der Waals surface area contributed by atoms with Crippen LogP contribution in [0.15, 0.2) is 24.3 Å². The van der Waals surface area contributed by atoms with Gasteiger partial charge in [0.1, 0.15) is 0 Å².